The molecule has 2 nitrogen and oxygen atoms in total. The van der Waals surface area contributed by atoms with Gasteiger partial charge in [-0.2, -0.15) is 0 Å². The quantitative estimate of drug-likeness (QED) is 0.156. The molecule has 0 bridgehead atoms. The molecule has 280 valence electrons. The monoisotopic (exact) mass is 763 g/mol. The molecule has 0 atom stereocenters. The molecule has 11 aromatic carbocycles. The molecule has 0 radical (unpaired) electrons. The van der Waals surface area contributed by atoms with Gasteiger partial charge in [-0.15, -0.1) is 0 Å². The lowest BCUT2D eigenvalue weighted by Gasteiger charge is -2.28. The zero-order chi connectivity index (χ0) is 39.6. The summed E-state index contributed by atoms with van der Waals surface area (Å²) in [6, 6.07) is 81.0. The molecule has 0 amide bonds. The summed E-state index contributed by atoms with van der Waals surface area (Å²) in [5, 5.41) is 10.00. The Morgan fingerprint density at radius 1 is 0.250 bits per heavy atom. The smallest absolute Gasteiger partial charge is 0.137 e. The lowest BCUT2D eigenvalue weighted by atomic mass is 9.88. The predicted octanol–water partition coefficient (Wildman–Crippen LogP) is 16.5. The number of rotatable bonds is 6. The molecule has 0 fully saturated rings. The molecular weight excluding hydrogens is 727 g/mol. The summed E-state index contributed by atoms with van der Waals surface area (Å²) in [5.41, 5.74) is 12.5. The summed E-state index contributed by atoms with van der Waals surface area (Å²) in [6.07, 6.45) is 0. The minimum atomic E-state index is 0.842. The third kappa shape index (κ3) is 5.57. The SMILES string of the molecule is c1ccc(-c2ccc(N(c3cccc(-c4ccccc4)c3)c3ccc4c(c3)Oc3ccc(-c5ccc6c7ccccc7c7ccccc7c6c5)c5cccc-4c35)cc2)cc1. The topological polar surface area (TPSA) is 12.5 Å². The Morgan fingerprint density at radius 2 is 0.767 bits per heavy atom. The summed E-state index contributed by atoms with van der Waals surface area (Å²) in [5.74, 6) is 1.71. The van der Waals surface area contributed by atoms with E-state index in [2.05, 4.69) is 229 Å². The highest BCUT2D eigenvalue weighted by Crippen LogP contribution is 2.51. The van der Waals surface area contributed by atoms with Crippen LogP contribution < -0.4 is 9.64 Å². The Labute approximate surface area is 348 Å². The van der Waals surface area contributed by atoms with Gasteiger partial charge in [-0.05, 0) is 125 Å². The van der Waals surface area contributed by atoms with Gasteiger partial charge in [-0.3, -0.25) is 0 Å². The van der Waals surface area contributed by atoms with Gasteiger partial charge in [0, 0.05) is 34.1 Å². The molecule has 1 aliphatic heterocycles. The van der Waals surface area contributed by atoms with Crippen LogP contribution in [0.3, 0.4) is 0 Å². The number of hydrogen-bond acceptors (Lipinski definition) is 2. The fourth-order valence-electron chi connectivity index (χ4n) is 9.42. The third-order valence-corrected chi connectivity index (χ3v) is 12.2. The second-order valence-electron chi connectivity index (χ2n) is 15.6. The van der Waals surface area contributed by atoms with E-state index in [0.717, 1.165) is 45.1 Å². The van der Waals surface area contributed by atoms with E-state index in [1.165, 1.54) is 71.1 Å². The molecule has 0 N–H and O–H groups in total. The van der Waals surface area contributed by atoms with E-state index in [-0.39, 0.29) is 0 Å². The van der Waals surface area contributed by atoms with Crippen LogP contribution in [0, 0.1) is 0 Å². The van der Waals surface area contributed by atoms with Crippen LogP contribution in [0.2, 0.25) is 0 Å². The Bertz CT molecular complexity index is 3410. The van der Waals surface area contributed by atoms with Crippen molar-refractivity contribution in [3.05, 3.63) is 224 Å². The van der Waals surface area contributed by atoms with Crippen molar-refractivity contribution in [2.24, 2.45) is 0 Å². The average molecular weight is 764 g/mol. The first kappa shape index (κ1) is 34.1. The number of fused-ring (bicyclic) bond motifs is 8. The molecule has 0 saturated carbocycles. The molecule has 2 heteroatoms. The van der Waals surface area contributed by atoms with Crippen LogP contribution >= 0.6 is 0 Å². The van der Waals surface area contributed by atoms with E-state index in [1.807, 2.05) is 0 Å². The number of hydrogen-bond donors (Lipinski definition) is 0. The Hall–Kier alpha value is -7.94. The minimum absolute atomic E-state index is 0.842. The van der Waals surface area contributed by atoms with Crippen LogP contribution in [0.4, 0.5) is 17.1 Å². The van der Waals surface area contributed by atoms with Crippen molar-refractivity contribution in [2.75, 3.05) is 4.90 Å². The van der Waals surface area contributed by atoms with E-state index in [9.17, 15) is 0 Å². The second kappa shape index (κ2) is 13.9. The van der Waals surface area contributed by atoms with Crippen molar-refractivity contribution in [1.82, 2.24) is 0 Å². The van der Waals surface area contributed by atoms with Crippen molar-refractivity contribution in [2.45, 2.75) is 0 Å². The van der Waals surface area contributed by atoms with Crippen LogP contribution in [0.1, 0.15) is 0 Å². The molecule has 11 aromatic rings. The summed E-state index contributed by atoms with van der Waals surface area (Å²) in [7, 11) is 0. The van der Waals surface area contributed by atoms with Gasteiger partial charge in [0.2, 0.25) is 0 Å². The lowest BCUT2D eigenvalue weighted by molar-refractivity contribution is 0.487. The van der Waals surface area contributed by atoms with Crippen molar-refractivity contribution in [3.63, 3.8) is 0 Å². The Kier molecular flexibility index (Phi) is 7.89. The second-order valence-corrected chi connectivity index (χ2v) is 15.6. The molecule has 0 spiro atoms. The van der Waals surface area contributed by atoms with Gasteiger partial charge < -0.3 is 9.64 Å². The van der Waals surface area contributed by atoms with Crippen molar-refractivity contribution < 1.29 is 4.74 Å². The number of benzene rings is 11. The predicted molar refractivity (Wildman–Crippen MR) is 253 cm³/mol. The maximum atomic E-state index is 6.92. The maximum Gasteiger partial charge on any atom is 0.137 e. The molecule has 0 saturated heterocycles. The van der Waals surface area contributed by atoms with Gasteiger partial charge in [-0.25, -0.2) is 0 Å². The lowest BCUT2D eigenvalue weighted by Crippen LogP contribution is -2.10. The summed E-state index contributed by atoms with van der Waals surface area (Å²) in [4.78, 5) is 2.33. The first-order chi connectivity index (χ1) is 29.7. The van der Waals surface area contributed by atoms with Crippen LogP contribution in [0.25, 0.3) is 87.6 Å². The van der Waals surface area contributed by atoms with Crippen LogP contribution in [0.15, 0.2) is 224 Å². The highest BCUT2D eigenvalue weighted by Gasteiger charge is 2.24. The van der Waals surface area contributed by atoms with Gasteiger partial charge in [0.1, 0.15) is 11.5 Å². The van der Waals surface area contributed by atoms with E-state index in [4.69, 9.17) is 4.74 Å². The zero-order valence-corrected chi connectivity index (χ0v) is 32.7. The Morgan fingerprint density at radius 3 is 1.48 bits per heavy atom. The first-order valence-electron chi connectivity index (χ1n) is 20.6. The van der Waals surface area contributed by atoms with Crippen LogP contribution in [0.5, 0.6) is 11.5 Å². The Balaban J connectivity index is 0.976. The third-order valence-electron chi connectivity index (χ3n) is 12.2. The van der Waals surface area contributed by atoms with E-state index < -0.39 is 0 Å². The van der Waals surface area contributed by atoms with Gasteiger partial charge >= 0.3 is 0 Å². The first-order valence-corrected chi connectivity index (χ1v) is 20.6. The molecule has 60 heavy (non-hydrogen) atoms. The molecule has 0 aromatic heterocycles. The fraction of sp³-hybridized carbons (Fsp3) is 0. The number of nitrogens with zero attached hydrogens (tertiary/aromatic N) is 1. The number of ether oxygens (including phenoxy) is 1. The van der Waals surface area contributed by atoms with Crippen LogP contribution in [-0.2, 0) is 0 Å². The summed E-state index contributed by atoms with van der Waals surface area (Å²) >= 11 is 0. The van der Waals surface area contributed by atoms with Gasteiger partial charge in [-0.1, -0.05) is 170 Å². The van der Waals surface area contributed by atoms with Crippen LogP contribution in [-0.4, -0.2) is 0 Å². The zero-order valence-electron chi connectivity index (χ0n) is 32.7. The standard InChI is InChI=1S/C58H37NO/c1-3-13-38(14-4-1)40-25-28-43(29-26-40)59(44-18-11-17-41(35-44)39-15-5-2-6-16-39)45-30-32-52-54-24-12-23-53-46(33-34-56(58(53)54)60-57(52)37-45)42-27-31-51-49-21-8-7-19-47(49)48-20-9-10-22-50(48)55(51)36-42/h1-37H. The fourth-order valence-corrected chi connectivity index (χ4v) is 9.42. The molecule has 1 aliphatic rings. The highest BCUT2D eigenvalue weighted by molar-refractivity contribution is 6.26. The van der Waals surface area contributed by atoms with Crippen molar-refractivity contribution >= 4 is 60.2 Å². The average Bonchev–Trinajstić information content (AvgIpc) is 3.32. The number of anilines is 3. The molecule has 1 heterocycles. The van der Waals surface area contributed by atoms with Gasteiger partial charge in [0.15, 0.2) is 0 Å². The van der Waals surface area contributed by atoms with Crippen molar-refractivity contribution in [3.8, 4) is 56.0 Å². The highest BCUT2D eigenvalue weighted by atomic mass is 16.5. The van der Waals surface area contributed by atoms with E-state index in [1.54, 1.807) is 0 Å². The molecule has 0 unspecified atom stereocenters. The van der Waals surface area contributed by atoms with E-state index in [0.29, 0.717) is 0 Å². The van der Waals surface area contributed by atoms with Crippen molar-refractivity contribution in [1.29, 1.82) is 0 Å². The van der Waals surface area contributed by atoms with E-state index >= 15 is 0 Å². The van der Waals surface area contributed by atoms with Gasteiger partial charge in [0.05, 0.1) is 0 Å². The summed E-state index contributed by atoms with van der Waals surface area (Å²) < 4.78 is 6.92. The maximum absolute atomic E-state index is 6.92. The molecular formula is C58H37NO. The minimum Gasteiger partial charge on any atom is -0.456 e. The summed E-state index contributed by atoms with van der Waals surface area (Å²) in [6.45, 7) is 0. The largest absolute Gasteiger partial charge is 0.456 e. The molecule has 0 aliphatic carbocycles. The molecule has 12 rings (SSSR count). The normalized spacial score (nSPS) is 11.8. The van der Waals surface area contributed by atoms with Gasteiger partial charge in [0.25, 0.3) is 0 Å².